The highest BCUT2D eigenvalue weighted by Crippen LogP contribution is 2.36. The average Bonchev–Trinajstić information content (AvgIpc) is 3.51. The van der Waals surface area contributed by atoms with E-state index in [9.17, 15) is 14.4 Å². The number of anilines is 1. The van der Waals surface area contributed by atoms with Crippen molar-refractivity contribution < 1.29 is 14.3 Å². The highest BCUT2D eigenvalue weighted by Gasteiger charge is 2.37. The fourth-order valence-corrected chi connectivity index (χ4v) is 6.36. The molecule has 4 heterocycles. The summed E-state index contributed by atoms with van der Waals surface area (Å²) in [5.41, 5.74) is 2.46. The van der Waals surface area contributed by atoms with E-state index in [2.05, 4.69) is 4.99 Å². The number of amides is 1. The summed E-state index contributed by atoms with van der Waals surface area (Å²) in [5.74, 6) is -0.705. The minimum Gasteiger partial charge on any atom is -0.466 e. The highest BCUT2D eigenvalue weighted by atomic mass is 32.1. The molecule has 0 N–H and O–H groups in total. The van der Waals surface area contributed by atoms with Gasteiger partial charge >= 0.3 is 5.97 Å². The van der Waals surface area contributed by atoms with E-state index in [0.29, 0.717) is 32.7 Å². The third-order valence-corrected chi connectivity index (χ3v) is 7.79. The zero-order valence-corrected chi connectivity index (χ0v) is 20.0. The molecular weight excluding hydrogens is 458 g/mol. The molecule has 0 saturated heterocycles. The van der Waals surface area contributed by atoms with E-state index >= 15 is 0 Å². The van der Waals surface area contributed by atoms with Gasteiger partial charge in [-0.2, -0.15) is 0 Å². The lowest BCUT2D eigenvalue weighted by molar-refractivity contribution is -0.136. The number of thiophene rings is 1. The molecule has 2 aliphatic heterocycles. The van der Waals surface area contributed by atoms with E-state index in [1.54, 1.807) is 11.8 Å². The van der Waals surface area contributed by atoms with Gasteiger partial charge in [0.2, 0.25) is 0 Å². The molecule has 1 aromatic carbocycles. The normalized spacial score (nSPS) is 18.8. The fraction of sp³-hybridized carbons (Fsp3) is 0.250. The predicted octanol–water partition coefficient (Wildman–Crippen LogP) is 2.60. The van der Waals surface area contributed by atoms with Gasteiger partial charge in [0.15, 0.2) is 4.80 Å². The number of hydrogen-bond acceptors (Lipinski definition) is 7. The average molecular weight is 480 g/mol. The van der Waals surface area contributed by atoms with E-state index in [4.69, 9.17) is 4.74 Å². The van der Waals surface area contributed by atoms with E-state index in [0.717, 1.165) is 22.5 Å². The first-order valence-electron chi connectivity index (χ1n) is 10.6. The highest BCUT2D eigenvalue weighted by molar-refractivity contribution is 7.10. The first-order valence-corrected chi connectivity index (χ1v) is 12.3. The van der Waals surface area contributed by atoms with Crippen molar-refractivity contribution in [2.24, 2.45) is 4.99 Å². The van der Waals surface area contributed by atoms with Gasteiger partial charge in [-0.05, 0) is 30.9 Å². The Labute approximate surface area is 197 Å². The Hall–Kier alpha value is -3.30. The molecule has 5 rings (SSSR count). The van der Waals surface area contributed by atoms with Crippen LogP contribution in [0.1, 0.15) is 36.8 Å². The van der Waals surface area contributed by atoms with Gasteiger partial charge in [0, 0.05) is 17.0 Å². The molecule has 0 radical (unpaired) electrons. The molecule has 168 valence electrons. The number of benzene rings is 1. The van der Waals surface area contributed by atoms with Crippen molar-refractivity contribution in [2.75, 3.05) is 18.6 Å². The van der Waals surface area contributed by atoms with Gasteiger partial charge in [0.05, 0.1) is 29.6 Å². The maximum Gasteiger partial charge on any atom is 0.338 e. The van der Waals surface area contributed by atoms with Crippen LogP contribution >= 0.6 is 22.7 Å². The van der Waals surface area contributed by atoms with Crippen LogP contribution < -0.4 is 19.8 Å². The lowest BCUT2D eigenvalue weighted by atomic mass is 10.0. The molecule has 0 spiro atoms. The van der Waals surface area contributed by atoms with Crippen molar-refractivity contribution >= 4 is 45.8 Å². The van der Waals surface area contributed by atoms with Gasteiger partial charge in [0.1, 0.15) is 10.6 Å². The summed E-state index contributed by atoms with van der Waals surface area (Å²) in [6, 6.07) is 10.6. The molecule has 0 aliphatic carbocycles. The molecule has 1 atom stereocenters. The van der Waals surface area contributed by atoms with Gasteiger partial charge in [-0.3, -0.25) is 14.2 Å². The first-order chi connectivity index (χ1) is 16.0. The van der Waals surface area contributed by atoms with Crippen molar-refractivity contribution in [3.8, 4) is 0 Å². The van der Waals surface area contributed by atoms with Crippen molar-refractivity contribution in [3.63, 3.8) is 0 Å². The summed E-state index contributed by atoms with van der Waals surface area (Å²) in [6.45, 7) is 4.33. The van der Waals surface area contributed by atoms with Crippen LogP contribution in [0.5, 0.6) is 0 Å². The predicted molar refractivity (Wildman–Crippen MR) is 128 cm³/mol. The molecule has 2 aliphatic rings. The zero-order chi connectivity index (χ0) is 23.3. The molecule has 0 bridgehead atoms. The zero-order valence-electron chi connectivity index (χ0n) is 18.3. The van der Waals surface area contributed by atoms with Crippen LogP contribution in [-0.4, -0.2) is 30.1 Å². The van der Waals surface area contributed by atoms with E-state index in [1.807, 2.05) is 48.7 Å². The van der Waals surface area contributed by atoms with Crippen molar-refractivity contribution in [1.82, 2.24) is 4.57 Å². The second-order valence-corrected chi connectivity index (χ2v) is 9.72. The summed E-state index contributed by atoms with van der Waals surface area (Å²) < 4.78 is 6.89. The Morgan fingerprint density at radius 1 is 1.18 bits per heavy atom. The largest absolute Gasteiger partial charge is 0.466 e. The van der Waals surface area contributed by atoms with Crippen LogP contribution in [0.4, 0.5) is 5.69 Å². The van der Waals surface area contributed by atoms with Gasteiger partial charge in [0.25, 0.3) is 11.5 Å². The smallest absolute Gasteiger partial charge is 0.338 e. The lowest BCUT2D eigenvalue weighted by Gasteiger charge is -2.22. The van der Waals surface area contributed by atoms with Crippen LogP contribution in [0.2, 0.25) is 0 Å². The number of nitrogens with zero attached hydrogens (tertiary/aromatic N) is 3. The van der Waals surface area contributed by atoms with E-state index in [1.165, 1.54) is 34.4 Å². The fourth-order valence-electron chi connectivity index (χ4n) is 4.40. The SMILES string of the molecule is CCCN1C(=O)/C(=c2\sc3n(c2=O)C(c2cccs2)C(C(=O)OC)=C(C)N=3)c2ccccc21. The number of thiazole rings is 1. The first kappa shape index (κ1) is 21.5. The maximum atomic E-state index is 13.8. The molecule has 0 fully saturated rings. The molecule has 2 aromatic heterocycles. The molecule has 1 unspecified atom stereocenters. The topological polar surface area (TPSA) is 81.0 Å². The number of rotatable bonds is 4. The summed E-state index contributed by atoms with van der Waals surface area (Å²) >= 11 is 2.64. The Morgan fingerprint density at radius 2 is 1.97 bits per heavy atom. The Kier molecular flexibility index (Phi) is 5.38. The van der Waals surface area contributed by atoms with E-state index in [-0.39, 0.29) is 11.5 Å². The molecular formula is C24H21N3O4S2. The second kappa shape index (κ2) is 8.24. The van der Waals surface area contributed by atoms with Crippen molar-refractivity contribution in [2.45, 2.75) is 26.3 Å². The lowest BCUT2D eigenvalue weighted by Crippen LogP contribution is -2.40. The monoisotopic (exact) mass is 479 g/mol. The van der Waals surface area contributed by atoms with E-state index < -0.39 is 12.0 Å². The number of para-hydroxylation sites is 1. The van der Waals surface area contributed by atoms with Crippen LogP contribution in [0, 0.1) is 0 Å². The minimum absolute atomic E-state index is 0.181. The molecule has 0 saturated carbocycles. The number of allylic oxidation sites excluding steroid dienone is 1. The third-order valence-electron chi connectivity index (χ3n) is 5.81. The molecule has 1 amide bonds. The van der Waals surface area contributed by atoms with Gasteiger partial charge in [-0.1, -0.05) is 42.5 Å². The molecule has 33 heavy (non-hydrogen) atoms. The minimum atomic E-state index is -0.651. The number of hydrogen-bond donors (Lipinski definition) is 0. The Morgan fingerprint density at radius 3 is 2.67 bits per heavy atom. The Bertz CT molecular complexity index is 1490. The van der Waals surface area contributed by atoms with Crippen LogP contribution in [0.25, 0.3) is 5.57 Å². The summed E-state index contributed by atoms with van der Waals surface area (Å²) in [4.78, 5) is 47.6. The van der Waals surface area contributed by atoms with Gasteiger partial charge in [-0.25, -0.2) is 9.79 Å². The second-order valence-electron chi connectivity index (χ2n) is 7.76. The molecule has 7 nitrogen and oxygen atoms in total. The number of esters is 1. The third kappa shape index (κ3) is 3.22. The summed E-state index contributed by atoms with van der Waals surface area (Å²) in [7, 11) is 1.32. The van der Waals surface area contributed by atoms with Crippen LogP contribution in [0.3, 0.4) is 0 Å². The number of carbonyl (C=O) groups is 2. The number of methoxy groups -OCH3 is 1. The summed E-state index contributed by atoms with van der Waals surface area (Å²) in [6.07, 6.45) is 0.800. The number of fused-ring (bicyclic) bond motifs is 2. The Balaban J connectivity index is 1.83. The maximum absolute atomic E-state index is 13.8. The van der Waals surface area contributed by atoms with Gasteiger partial charge < -0.3 is 9.64 Å². The van der Waals surface area contributed by atoms with Crippen LogP contribution in [-0.2, 0) is 14.3 Å². The molecule has 9 heteroatoms. The van der Waals surface area contributed by atoms with Crippen LogP contribution in [0.15, 0.2) is 62.8 Å². The summed E-state index contributed by atoms with van der Waals surface area (Å²) in [5, 5.41) is 1.90. The number of carbonyl (C=O) groups excluding carboxylic acids is 2. The van der Waals surface area contributed by atoms with Crippen molar-refractivity contribution in [1.29, 1.82) is 0 Å². The standard InChI is InChI=1S/C24H21N3O4S2/c1-4-11-26-15-9-6-5-8-14(15)18(21(26)28)20-22(29)27-19(16-10-7-12-32-16)17(23(30)31-3)13(2)25-24(27)33-20/h5-10,12,19H,4,11H2,1-3H3/b20-18-. The molecule has 3 aromatic rings. The number of ether oxygens (including phenoxy) is 1. The van der Waals surface area contributed by atoms with Crippen molar-refractivity contribution in [3.05, 3.63) is 83.2 Å². The van der Waals surface area contributed by atoms with Gasteiger partial charge in [-0.15, -0.1) is 11.3 Å². The number of aromatic nitrogens is 1. The quantitative estimate of drug-likeness (QED) is 0.539.